The molecule has 3 heteroatoms. The van der Waals surface area contributed by atoms with E-state index in [4.69, 9.17) is 11.2 Å². The first-order valence-corrected chi connectivity index (χ1v) is 6.01. The minimum atomic E-state index is -0.407. The third kappa shape index (κ3) is 4.98. The van der Waals surface area contributed by atoms with E-state index >= 15 is 0 Å². The highest BCUT2D eigenvalue weighted by molar-refractivity contribution is 4.92. The summed E-state index contributed by atoms with van der Waals surface area (Å²) in [5.74, 6) is 2.59. The quantitative estimate of drug-likeness (QED) is 0.691. The average molecular weight is 225 g/mol. The minimum Gasteiger partial charge on any atom is -0.389 e. The second kappa shape index (κ2) is 6.24. The second-order valence-corrected chi connectivity index (χ2v) is 5.11. The summed E-state index contributed by atoms with van der Waals surface area (Å²) in [5, 5.41) is 9.82. The van der Waals surface area contributed by atoms with Crippen LogP contribution in [0.3, 0.4) is 0 Å². The van der Waals surface area contributed by atoms with Gasteiger partial charge in [-0.3, -0.25) is 0 Å². The Morgan fingerprint density at radius 1 is 1.44 bits per heavy atom. The van der Waals surface area contributed by atoms with Crippen LogP contribution in [0.1, 0.15) is 33.1 Å². The van der Waals surface area contributed by atoms with E-state index in [2.05, 4.69) is 10.8 Å². The molecule has 0 aliphatic carbocycles. The Hall–Kier alpha value is -0.560. The standard InChI is InChI=1S/C13H23NO2/c1-4-7-13(2,3)16-11-12(15)10-14-8-5-6-9-14/h1,12,15H,5-11H2,2-3H3. The summed E-state index contributed by atoms with van der Waals surface area (Å²) in [4.78, 5) is 2.28. The lowest BCUT2D eigenvalue weighted by molar-refractivity contribution is -0.0617. The lowest BCUT2D eigenvalue weighted by Crippen LogP contribution is -2.36. The topological polar surface area (TPSA) is 32.7 Å². The maximum atomic E-state index is 9.82. The van der Waals surface area contributed by atoms with E-state index in [1.54, 1.807) is 0 Å². The molecule has 1 heterocycles. The van der Waals surface area contributed by atoms with Crippen LogP contribution in [0.15, 0.2) is 0 Å². The van der Waals surface area contributed by atoms with E-state index in [0.29, 0.717) is 19.6 Å². The molecule has 1 rings (SSSR count). The molecular weight excluding hydrogens is 202 g/mol. The van der Waals surface area contributed by atoms with Gasteiger partial charge in [0.05, 0.1) is 18.3 Å². The van der Waals surface area contributed by atoms with Gasteiger partial charge >= 0.3 is 0 Å². The summed E-state index contributed by atoms with van der Waals surface area (Å²) in [6.45, 7) is 7.19. The first-order chi connectivity index (χ1) is 7.53. The number of ether oxygens (including phenoxy) is 1. The normalized spacial score (nSPS) is 19.6. The van der Waals surface area contributed by atoms with Crippen molar-refractivity contribution in [2.75, 3.05) is 26.2 Å². The van der Waals surface area contributed by atoms with Gasteiger partial charge in [0.1, 0.15) is 0 Å². The summed E-state index contributed by atoms with van der Waals surface area (Å²) >= 11 is 0. The van der Waals surface area contributed by atoms with Gasteiger partial charge < -0.3 is 14.7 Å². The zero-order valence-corrected chi connectivity index (χ0v) is 10.4. The molecule has 1 atom stereocenters. The third-order valence-electron chi connectivity index (χ3n) is 2.86. The monoisotopic (exact) mass is 225 g/mol. The molecule has 0 amide bonds. The van der Waals surface area contributed by atoms with Crippen molar-refractivity contribution >= 4 is 0 Å². The van der Waals surface area contributed by atoms with Crippen molar-refractivity contribution in [1.29, 1.82) is 0 Å². The van der Waals surface area contributed by atoms with Gasteiger partial charge in [-0.05, 0) is 39.8 Å². The Morgan fingerprint density at radius 3 is 2.62 bits per heavy atom. The molecule has 0 saturated carbocycles. The van der Waals surface area contributed by atoms with Crippen molar-refractivity contribution in [2.24, 2.45) is 0 Å². The van der Waals surface area contributed by atoms with Gasteiger partial charge in [-0.15, -0.1) is 12.3 Å². The van der Waals surface area contributed by atoms with Gasteiger partial charge in [-0.2, -0.15) is 0 Å². The number of rotatable bonds is 6. The second-order valence-electron chi connectivity index (χ2n) is 5.11. The van der Waals surface area contributed by atoms with Crippen molar-refractivity contribution in [3.63, 3.8) is 0 Å². The van der Waals surface area contributed by atoms with Crippen molar-refractivity contribution in [3.05, 3.63) is 0 Å². The van der Waals surface area contributed by atoms with Crippen LogP contribution < -0.4 is 0 Å². The van der Waals surface area contributed by atoms with Crippen LogP contribution in [0.4, 0.5) is 0 Å². The van der Waals surface area contributed by atoms with Crippen LogP contribution >= 0.6 is 0 Å². The molecule has 1 aliphatic rings. The SMILES string of the molecule is C#CCC(C)(C)OCC(O)CN1CCCC1. The highest BCUT2D eigenvalue weighted by Crippen LogP contribution is 2.14. The van der Waals surface area contributed by atoms with Crippen molar-refractivity contribution < 1.29 is 9.84 Å². The van der Waals surface area contributed by atoms with Crippen molar-refractivity contribution in [1.82, 2.24) is 4.90 Å². The summed E-state index contributed by atoms with van der Waals surface area (Å²) in [7, 11) is 0. The van der Waals surface area contributed by atoms with Crippen LogP contribution in [-0.2, 0) is 4.74 Å². The number of terminal acetylenes is 1. The molecule has 3 nitrogen and oxygen atoms in total. The fraction of sp³-hybridized carbons (Fsp3) is 0.846. The zero-order valence-electron chi connectivity index (χ0n) is 10.4. The first-order valence-electron chi connectivity index (χ1n) is 6.01. The number of nitrogens with zero attached hydrogens (tertiary/aromatic N) is 1. The third-order valence-corrected chi connectivity index (χ3v) is 2.86. The first kappa shape index (κ1) is 13.5. The lowest BCUT2D eigenvalue weighted by atomic mass is 10.1. The molecule has 0 aromatic rings. The van der Waals surface area contributed by atoms with Gasteiger partial charge in [0.25, 0.3) is 0 Å². The summed E-state index contributed by atoms with van der Waals surface area (Å²) in [6.07, 6.45) is 7.91. The Labute approximate surface area is 98.8 Å². The number of likely N-dealkylation sites (tertiary alicyclic amines) is 1. The number of hydrogen-bond acceptors (Lipinski definition) is 3. The van der Waals surface area contributed by atoms with E-state index < -0.39 is 6.10 Å². The fourth-order valence-electron chi connectivity index (χ4n) is 1.93. The highest BCUT2D eigenvalue weighted by atomic mass is 16.5. The summed E-state index contributed by atoms with van der Waals surface area (Å²) in [5.41, 5.74) is -0.333. The largest absolute Gasteiger partial charge is 0.389 e. The molecule has 0 spiro atoms. The predicted octanol–water partition coefficient (Wildman–Crippen LogP) is 1.26. The van der Waals surface area contributed by atoms with Crippen LogP contribution in [0.5, 0.6) is 0 Å². The molecule has 0 aromatic heterocycles. The van der Waals surface area contributed by atoms with Crippen LogP contribution in [-0.4, -0.2) is 48.0 Å². The molecule has 16 heavy (non-hydrogen) atoms. The summed E-state index contributed by atoms with van der Waals surface area (Å²) < 4.78 is 5.62. The van der Waals surface area contributed by atoms with E-state index in [1.807, 2.05) is 13.8 Å². The molecule has 92 valence electrons. The molecule has 0 radical (unpaired) electrons. The smallest absolute Gasteiger partial charge is 0.0900 e. The number of β-amino-alcohol motifs (C(OH)–C–C–N with tert-alkyl or cyclic N) is 1. The predicted molar refractivity (Wildman–Crippen MR) is 65.2 cm³/mol. The zero-order chi connectivity index (χ0) is 12.0. The van der Waals surface area contributed by atoms with E-state index in [1.165, 1.54) is 12.8 Å². The maximum Gasteiger partial charge on any atom is 0.0900 e. The molecular formula is C13H23NO2. The summed E-state index contributed by atoms with van der Waals surface area (Å²) in [6, 6.07) is 0. The van der Waals surface area contributed by atoms with Gasteiger partial charge in [0.2, 0.25) is 0 Å². The molecule has 1 fully saturated rings. The van der Waals surface area contributed by atoms with Crippen LogP contribution in [0.2, 0.25) is 0 Å². The number of aliphatic hydroxyl groups excluding tert-OH is 1. The fourth-order valence-corrected chi connectivity index (χ4v) is 1.93. The van der Waals surface area contributed by atoms with Gasteiger partial charge in [-0.25, -0.2) is 0 Å². The lowest BCUT2D eigenvalue weighted by Gasteiger charge is -2.26. The van der Waals surface area contributed by atoms with Gasteiger partial charge in [0, 0.05) is 13.0 Å². The Bertz CT molecular complexity index is 239. The van der Waals surface area contributed by atoms with E-state index in [0.717, 1.165) is 13.1 Å². The average Bonchev–Trinajstić information content (AvgIpc) is 2.68. The Balaban J connectivity index is 2.18. The van der Waals surface area contributed by atoms with Crippen molar-refractivity contribution in [2.45, 2.75) is 44.8 Å². The Morgan fingerprint density at radius 2 is 2.06 bits per heavy atom. The number of hydrogen-bond donors (Lipinski definition) is 1. The highest BCUT2D eigenvalue weighted by Gasteiger charge is 2.21. The van der Waals surface area contributed by atoms with Gasteiger partial charge in [0.15, 0.2) is 0 Å². The minimum absolute atomic E-state index is 0.333. The van der Waals surface area contributed by atoms with Crippen LogP contribution in [0.25, 0.3) is 0 Å². The van der Waals surface area contributed by atoms with E-state index in [9.17, 15) is 5.11 Å². The molecule has 1 N–H and O–H groups in total. The molecule has 1 unspecified atom stereocenters. The maximum absolute atomic E-state index is 9.82. The molecule has 0 bridgehead atoms. The Kier molecular flexibility index (Phi) is 5.27. The van der Waals surface area contributed by atoms with Gasteiger partial charge in [-0.1, -0.05) is 0 Å². The van der Waals surface area contributed by atoms with E-state index in [-0.39, 0.29) is 5.60 Å². The molecule has 1 aliphatic heterocycles. The molecule has 0 aromatic carbocycles. The van der Waals surface area contributed by atoms with Crippen LogP contribution in [0, 0.1) is 12.3 Å². The van der Waals surface area contributed by atoms with Crippen molar-refractivity contribution in [3.8, 4) is 12.3 Å². The number of aliphatic hydroxyl groups is 1. The molecule has 1 saturated heterocycles.